The second kappa shape index (κ2) is 6.91. The van der Waals surface area contributed by atoms with E-state index in [1.54, 1.807) is 30.3 Å². The highest BCUT2D eigenvalue weighted by atomic mass is 19.1. The standard InChI is InChI=1S/C17H14FN5O2/c18-14-4-2-1-3-12(14)8-20-15-6-5-11(7-16(15)23(24)25)13-9-21-17(19)22-10-13/h1-7,9-10,20H,8H2,(H2,19,21,22). The van der Waals surface area contributed by atoms with Crippen LogP contribution in [0.2, 0.25) is 0 Å². The molecule has 0 aliphatic carbocycles. The number of aromatic nitrogens is 2. The summed E-state index contributed by atoms with van der Waals surface area (Å²) in [7, 11) is 0. The van der Waals surface area contributed by atoms with Crippen molar-refractivity contribution in [1.82, 2.24) is 9.97 Å². The predicted octanol–water partition coefficient (Wildman–Crippen LogP) is 3.39. The highest BCUT2D eigenvalue weighted by molar-refractivity contribution is 5.73. The number of benzene rings is 2. The first-order valence-corrected chi connectivity index (χ1v) is 7.38. The molecule has 2 aromatic carbocycles. The lowest BCUT2D eigenvalue weighted by molar-refractivity contribution is -0.383. The average Bonchev–Trinajstić information content (AvgIpc) is 2.61. The summed E-state index contributed by atoms with van der Waals surface area (Å²) in [6, 6.07) is 10.9. The summed E-state index contributed by atoms with van der Waals surface area (Å²) in [4.78, 5) is 18.6. The molecule has 3 N–H and O–H groups in total. The summed E-state index contributed by atoms with van der Waals surface area (Å²) in [6.45, 7) is 0.137. The number of hydrogen-bond donors (Lipinski definition) is 2. The Bertz CT molecular complexity index is 915. The summed E-state index contributed by atoms with van der Waals surface area (Å²) in [5.41, 5.74) is 7.24. The number of nitro benzene ring substituents is 1. The molecule has 0 atom stereocenters. The van der Waals surface area contributed by atoms with Gasteiger partial charge in [0.15, 0.2) is 0 Å². The molecule has 126 valence electrons. The van der Waals surface area contributed by atoms with E-state index in [2.05, 4.69) is 15.3 Å². The van der Waals surface area contributed by atoms with Gasteiger partial charge in [-0.2, -0.15) is 0 Å². The molecule has 25 heavy (non-hydrogen) atoms. The summed E-state index contributed by atoms with van der Waals surface area (Å²) < 4.78 is 13.7. The van der Waals surface area contributed by atoms with Gasteiger partial charge in [-0.15, -0.1) is 0 Å². The number of nitrogens with two attached hydrogens (primary N) is 1. The molecule has 0 unspecified atom stereocenters. The third kappa shape index (κ3) is 3.69. The van der Waals surface area contributed by atoms with E-state index in [9.17, 15) is 14.5 Å². The zero-order chi connectivity index (χ0) is 17.8. The Hall–Kier alpha value is -3.55. The van der Waals surface area contributed by atoms with Crippen molar-refractivity contribution in [3.05, 3.63) is 76.4 Å². The Labute approximate surface area is 142 Å². The normalized spacial score (nSPS) is 10.4. The molecule has 0 radical (unpaired) electrons. The van der Waals surface area contributed by atoms with E-state index in [1.807, 2.05) is 0 Å². The second-order valence-electron chi connectivity index (χ2n) is 5.26. The molecule has 0 aliphatic rings. The highest BCUT2D eigenvalue weighted by Gasteiger charge is 2.16. The number of nitrogens with zero attached hydrogens (tertiary/aromatic N) is 3. The van der Waals surface area contributed by atoms with Crippen LogP contribution in [0.1, 0.15) is 5.56 Å². The van der Waals surface area contributed by atoms with Gasteiger partial charge in [-0.3, -0.25) is 10.1 Å². The van der Waals surface area contributed by atoms with Gasteiger partial charge in [-0.1, -0.05) is 24.3 Å². The zero-order valence-corrected chi connectivity index (χ0v) is 13.0. The molecule has 0 saturated carbocycles. The Balaban J connectivity index is 1.88. The lowest BCUT2D eigenvalue weighted by Crippen LogP contribution is -2.04. The molecule has 0 bridgehead atoms. The maximum absolute atomic E-state index is 13.7. The largest absolute Gasteiger partial charge is 0.375 e. The number of nitrogens with one attached hydrogen (secondary N) is 1. The molecule has 3 aromatic rings. The van der Waals surface area contributed by atoms with Crippen molar-refractivity contribution < 1.29 is 9.31 Å². The van der Waals surface area contributed by atoms with Crippen molar-refractivity contribution in [2.45, 2.75) is 6.54 Å². The van der Waals surface area contributed by atoms with Crippen LogP contribution in [0.4, 0.5) is 21.7 Å². The van der Waals surface area contributed by atoms with Crippen LogP contribution in [-0.2, 0) is 6.54 Å². The fourth-order valence-electron chi connectivity index (χ4n) is 2.33. The molecule has 0 saturated heterocycles. The van der Waals surface area contributed by atoms with Crippen LogP contribution in [0.5, 0.6) is 0 Å². The zero-order valence-electron chi connectivity index (χ0n) is 13.0. The fraction of sp³-hybridized carbons (Fsp3) is 0.0588. The summed E-state index contributed by atoms with van der Waals surface area (Å²) >= 11 is 0. The topological polar surface area (TPSA) is 107 Å². The van der Waals surface area contributed by atoms with Crippen LogP contribution in [0.25, 0.3) is 11.1 Å². The van der Waals surface area contributed by atoms with E-state index < -0.39 is 4.92 Å². The van der Waals surface area contributed by atoms with Crippen LogP contribution in [-0.4, -0.2) is 14.9 Å². The van der Waals surface area contributed by atoms with Crippen molar-refractivity contribution in [2.24, 2.45) is 0 Å². The van der Waals surface area contributed by atoms with E-state index in [-0.39, 0.29) is 24.0 Å². The van der Waals surface area contributed by atoms with Crippen LogP contribution >= 0.6 is 0 Å². The molecule has 1 aromatic heterocycles. The number of halogens is 1. The summed E-state index contributed by atoms with van der Waals surface area (Å²) in [6.07, 6.45) is 2.99. The summed E-state index contributed by atoms with van der Waals surface area (Å²) in [5, 5.41) is 14.3. The minimum Gasteiger partial charge on any atom is -0.375 e. The van der Waals surface area contributed by atoms with Gasteiger partial charge >= 0.3 is 0 Å². The molecule has 8 heteroatoms. The molecular weight excluding hydrogens is 325 g/mol. The van der Waals surface area contributed by atoms with Crippen LogP contribution < -0.4 is 11.1 Å². The van der Waals surface area contributed by atoms with E-state index in [0.29, 0.717) is 22.4 Å². The Kier molecular flexibility index (Phi) is 4.51. The molecule has 0 amide bonds. The Morgan fingerprint density at radius 1 is 1.12 bits per heavy atom. The Morgan fingerprint density at radius 2 is 1.84 bits per heavy atom. The van der Waals surface area contributed by atoms with Gasteiger partial charge in [-0.25, -0.2) is 14.4 Å². The van der Waals surface area contributed by atoms with E-state index in [4.69, 9.17) is 5.73 Å². The maximum atomic E-state index is 13.7. The predicted molar refractivity (Wildman–Crippen MR) is 92.3 cm³/mol. The minimum atomic E-state index is -0.495. The van der Waals surface area contributed by atoms with Crippen molar-refractivity contribution in [2.75, 3.05) is 11.1 Å². The van der Waals surface area contributed by atoms with Gasteiger partial charge in [0.25, 0.3) is 5.69 Å². The molecule has 0 aliphatic heterocycles. The van der Waals surface area contributed by atoms with Crippen molar-refractivity contribution in [3.8, 4) is 11.1 Å². The second-order valence-corrected chi connectivity index (χ2v) is 5.26. The lowest BCUT2D eigenvalue weighted by Gasteiger charge is -2.09. The van der Waals surface area contributed by atoms with Crippen LogP contribution in [0.15, 0.2) is 54.9 Å². The number of rotatable bonds is 5. The SMILES string of the molecule is Nc1ncc(-c2ccc(NCc3ccccc3F)c([N+](=O)[O-])c2)cn1. The van der Waals surface area contributed by atoms with Crippen molar-refractivity contribution in [1.29, 1.82) is 0 Å². The average molecular weight is 339 g/mol. The van der Waals surface area contributed by atoms with Gasteiger partial charge in [0.1, 0.15) is 11.5 Å². The molecular formula is C17H14FN5O2. The molecule has 7 nitrogen and oxygen atoms in total. The Morgan fingerprint density at radius 3 is 2.52 bits per heavy atom. The monoisotopic (exact) mass is 339 g/mol. The molecule has 0 spiro atoms. The van der Waals surface area contributed by atoms with Gasteiger partial charge in [0.2, 0.25) is 5.95 Å². The number of anilines is 2. The molecule has 1 heterocycles. The first-order valence-electron chi connectivity index (χ1n) is 7.38. The van der Waals surface area contributed by atoms with Gasteiger partial charge < -0.3 is 11.1 Å². The third-order valence-corrected chi connectivity index (χ3v) is 3.63. The number of hydrogen-bond acceptors (Lipinski definition) is 6. The van der Waals surface area contributed by atoms with Gasteiger partial charge in [0.05, 0.1) is 4.92 Å². The van der Waals surface area contributed by atoms with Crippen LogP contribution in [0.3, 0.4) is 0 Å². The minimum absolute atomic E-state index is 0.120. The van der Waals surface area contributed by atoms with E-state index >= 15 is 0 Å². The summed E-state index contributed by atoms with van der Waals surface area (Å²) in [5.74, 6) is -0.241. The quantitative estimate of drug-likeness (QED) is 0.545. The highest BCUT2D eigenvalue weighted by Crippen LogP contribution is 2.30. The smallest absolute Gasteiger partial charge is 0.292 e. The van der Waals surface area contributed by atoms with Gasteiger partial charge in [-0.05, 0) is 17.7 Å². The van der Waals surface area contributed by atoms with E-state index in [1.165, 1.54) is 24.5 Å². The van der Waals surface area contributed by atoms with E-state index in [0.717, 1.165) is 0 Å². The number of nitro groups is 1. The lowest BCUT2D eigenvalue weighted by atomic mass is 10.1. The number of nitrogen functional groups attached to an aromatic ring is 1. The fourth-order valence-corrected chi connectivity index (χ4v) is 2.33. The molecule has 0 fully saturated rings. The van der Waals surface area contributed by atoms with Crippen molar-refractivity contribution in [3.63, 3.8) is 0 Å². The van der Waals surface area contributed by atoms with Gasteiger partial charge in [0, 0.05) is 36.1 Å². The molecule has 3 rings (SSSR count). The maximum Gasteiger partial charge on any atom is 0.292 e. The first kappa shape index (κ1) is 16.3. The van der Waals surface area contributed by atoms with Crippen LogP contribution in [0, 0.1) is 15.9 Å². The van der Waals surface area contributed by atoms with Crippen molar-refractivity contribution >= 4 is 17.3 Å². The third-order valence-electron chi connectivity index (χ3n) is 3.63. The first-order chi connectivity index (χ1) is 12.0.